The standard InChI is InChI=1S/C18H19N3O2S/c22-16(9-11-21-12-13-24-18(21)23)20-17(14-6-2-1-3-7-14)15-8-4-5-10-19-15/h1-8,10,17H,9,11-13H2,(H,20,22)/t17-/m0/s1. The third kappa shape index (κ3) is 4.14. The first-order valence-corrected chi connectivity index (χ1v) is 8.89. The summed E-state index contributed by atoms with van der Waals surface area (Å²) in [6, 6.07) is 15.1. The lowest BCUT2D eigenvalue weighted by molar-refractivity contribution is -0.121. The topological polar surface area (TPSA) is 62.3 Å². The normalized spacial score (nSPS) is 15.3. The second-order valence-corrected chi connectivity index (χ2v) is 6.56. The van der Waals surface area contributed by atoms with Crippen LogP contribution in [0.3, 0.4) is 0 Å². The number of hydrogen-bond acceptors (Lipinski definition) is 4. The Morgan fingerprint density at radius 3 is 2.67 bits per heavy atom. The lowest BCUT2D eigenvalue weighted by atomic mass is 10.0. The third-order valence-corrected chi connectivity index (χ3v) is 4.77. The van der Waals surface area contributed by atoms with Crippen LogP contribution in [0.25, 0.3) is 0 Å². The van der Waals surface area contributed by atoms with Crippen molar-refractivity contribution in [3.63, 3.8) is 0 Å². The van der Waals surface area contributed by atoms with E-state index < -0.39 is 0 Å². The van der Waals surface area contributed by atoms with Crippen LogP contribution in [0.4, 0.5) is 4.79 Å². The molecule has 1 saturated heterocycles. The van der Waals surface area contributed by atoms with Crippen LogP contribution >= 0.6 is 11.8 Å². The molecular weight excluding hydrogens is 322 g/mol. The van der Waals surface area contributed by atoms with Gasteiger partial charge in [-0.05, 0) is 17.7 Å². The van der Waals surface area contributed by atoms with Crippen molar-refractivity contribution in [2.75, 3.05) is 18.8 Å². The van der Waals surface area contributed by atoms with E-state index in [0.717, 1.165) is 23.6 Å². The van der Waals surface area contributed by atoms with Crippen LogP contribution in [-0.4, -0.2) is 39.9 Å². The molecule has 1 aromatic heterocycles. The number of benzene rings is 1. The van der Waals surface area contributed by atoms with Gasteiger partial charge in [-0.25, -0.2) is 0 Å². The van der Waals surface area contributed by atoms with E-state index in [2.05, 4.69) is 10.3 Å². The van der Waals surface area contributed by atoms with Crippen LogP contribution in [0, 0.1) is 0 Å². The smallest absolute Gasteiger partial charge is 0.281 e. The zero-order valence-electron chi connectivity index (χ0n) is 13.2. The van der Waals surface area contributed by atoms with Crippen LogP contribution in [0.2, 0.25) is 0 Å². The lowest BCUT2D eigenvalue weighted by Gasteiger charge is -2.20. The van der Waals surface area contributed by atoms with Crippen LogP contribution in [0.1, 0.15) is 23.7 Å². The summed E-state index contributed by atoms with van der Waals surface area (Å²) in [7, 11) is 0. The molecule has 1 fully saturated rings. The van der Waals surface area contributed by atoms with Crippen molar-refractivity contribution in [1.29, 1.82) is 0 Å². The third-order valence-electron chi connectivity index (χ3n) is 3.88. The van der Waals surface area contributed by atoms with Gasteiger partial charge in [0, 0.05) is 31.5 Å². The maximum absolute atomic E-state index is 12.4. The van der Waals surface area contributed by atoms with Gasteiger partial charge in [0.05, 0.1) is 11.7 Å². The molecule has 3 rings (SSSR count). The molecule has 0 bridgehead atoms. The second-order valence-electron chi connectivity index (χ2n) is 5.52. The summed E-state index contributed by atoms with van der Waals surface area (Å²) < 4.78 is 0. The molecule has 1 aromatic carbocycles. The first-order valence-electron chi connectivity index (χ1n) is 7.91. The highest BCUT2D eigenvalue weighted by Gasteiger charge is 2.23. The van der Waals surface area contributed by atoms with Gasteiger partial charge in [0.1, 0.15) is 0 Å². The van der Waals surface area contributed by atoms with Crippen LogP contribution < -0.4 is 5.32 Å². The van der Waals surface area contributed by atoms with Gasteiger partial charge in [-0.2, -0.15) is 0 Å². The number of nitrogens with one attached hydrogen (secondary N) is 1. The number of nitrogens with zero attached hydrogens (tertiary/aromatic N) is 2. The van der Waals surface area contributed by atoms with Gasteiger partial charge >= 0.3 is 0 Å². The van der Waals surface area contributed by atoms with Crippen LogP contribution in [-0.2, 0) is 4.79 Å². The molecule has 2 aromatic rings. The molecule has 2 heterocycles. The summed E-state index contributed by atoms with van der Waals surface area (Å²) >= 11 is 1.31. The van der Waals surface area contributed by atoms with E-state index in [1.165, 1.54) is 11.8 Å². The first kappa shape index (κ1) is 16.5. The van der Waals surface area contributed by atoms with Crippen molar-refractivity contribution in [2.45, 2.75) is 12.5 Å². The molecule has 0 unspecified atom stereocenters. The molecule has 1 aliphatic heterocycles. The number of aromatic nitrogens is 1. The zero-order chi connectivity index (χ0) is 16.8. The van der Waals surface area contributed by atoms with E-state index in [1.54, 1.807) is 11.1 Å². The Bertz CT molecular complexity index is 654. The van der Waals surface area contributed by atoms with Crippen molar-refractivity contribution in [2.24, 2.45) is 0 Å². The molecule has 6 heteroatoms. The second kappa shape index (κ2) is 7.97. The Kier molecular flexibility index (Phi) is 5.48. The van der Waals surface area contributed by atoms with Crippen molar-refractivity contribution in [1.82, 2.24) is 15.2 Å². The molecular formula is C18H19N3O2S. The van der Waals surface area contributed by atoms with E-state index in [4.69, 9.17) is 0 Å². The van der Waals surface area contributed by atoms with E-state index in [9.17, 15) is 9.59 Å². The van der Waals surface area contributed by atoms with Gasteiger partial charge in [0.25, 0.3) is 5.24 Å². The maximum atomic E-state index is 12.4. The SMILES string of the molecule is O=C(CCN1CCSC1=O)N[C@@H](c1ccccc1)c1ccccn1. The number of pyridine rings is 1. The van der Waals surface area contributed by atoms with Gasteiger partial charge in [0.2, 0.25) is 5.91 Å². The zero-order valence-corrected chi connectivity index (χ0v) is 14.0. The summed E-state index contributed by atoms with van der Waals surface area (Å²) in [6.45, 7) is 1.18. The number of thioether (sulfide) groups is 1. The number of carbonyl (C=O) groups is 2. The summed E-state index contributed by atoms with van der Waals surface area (Å²) in [5, 5.41) is 3.10. The molecule has 124 valence electrons. The summed E-state index contributed by atoms with van der Waals surface area (Å²) in [4.78, 5) is 30.1. The fraction of sp³-hybridized carbons (Fsp3) is 0.278. The summed E-state index contributed by atoms with van der Waals surface area (Å²) in [5.41, 5.74) is 1.78. The monoisotopic (exact) mass is 341 g/mol. The highest BCUT2D eigenvalue weighted by molar-refractivity contribution is 8.13. The molecule has 1 atom stereocenters. The Balaban J connectivity index is 1.68. The molecule has 0 radical (unpaired) electrons. The first-order chi connectivity index (χ1) is 11.7. The number of carbonyl (C=O) groups excluding carboxylic acids is 2. The van der Waals surface area contributed by atoms with Gasteiger partial charge < -0.3 is 10.2 Å². The molecule has 0 saturated carbocycles. The van der Waals surface area contributed by atoms with Gasteiger partial charge in [-0.15, -0.1) is 0 Å². The van der Waals surface area contributed by atoms with Crippen molar-refractivity contribution in [3.8, 4) is 0 Å². The predicted molar refractivity (Wildman–Crippen MR) is 94.7 cm³/mol. The van der Waals surface area contributed by atoms with Crippen LogP contribution in [0.5, 0.6) is 0 Å². The van der Waals surface area contributed by atoms with E-state index in [-0.39, 0.29) is 17.2 Å². The van der Waals surface area contributed by atoms with E-state index >= 15 is 0 Å². The van der Waals surface area contributed by atoms with E-state index in [1.807, 2.05) is 48.5 Å². The molecule has 1 aliphatic rings. The van der Waals surface area contributed by atoms with Crippen molar-refractivity contribution in [3.05, 3.63) is 66.0 Å². The number of rotatable bonds is 6. The summed E-state index contributed by atoms with van der Waals surface area (Å²) in [6.07, 6.45) is 2.01. The average molecular weight is 341 g/mol. The lowest BCUT2D eigenvalue weighted by Crippen LogP contribution is -2.33. The molecule has 0 spiro atoms. The Hall–Kier alpha value is -2.34. The largest absolute Gasteiger partial charge is 0.344 e. The van der Waals surface area contributed by atoms with E-state index in [0.29, 0.717) is 13.0 Å². The molecule has 24 heavy (non-hydrogen) atoms. The Morgan fingerprint density at radius 2 is 2.00 bits per heavy atom. The predicted octanol–water partition coefficient (Wildman–Crippen LogP) is 2.85. The fourth-order valence-electron chi connectivity index (χ4n) is 2.62. The Labute approximate surface area is 145 Å². The van der Waals surface area contributed by atoms with Gasteiger partial charge in [-0.3, -0.25) is 14.6 Å². The fourth-order valence-corrected chi connectivity index (χ4v) is 3.47. The van der Waals surface area contributed by atoms with Crippen LogP contribution in [0.15, 0.2) is 54.7 Å². The van der Waals surface area contributed by atoms with Crippen molar-refractivity contribution >= 4 is 22.9 Å². The quantitative estimate of drug-likeness (QED) is 0.878. The summed E-state index contributed by atoms with van der Waals surface area (Å²) in [5.74, 6) is 0.723. The minimum atomic E-state index is -0.288. The average Bonchev–Trinajstić information content (AvgIpc) is 3.04. The van der Waals surface area contributed by atoms with Gasteiger partial charge in [0.15, 0.2) is 0 Å². The highest BCUT2D eigenvalue weighted by Crippen LogP contribution is 2.21. The molecule has 5 nitrogen and oxygen atoms in total. The minimum absolute atomic E-state index is 0.0622. The van der Waals surface area contributed by atoms with Crippen molar-refractivity contribution < 1.29 is 9.59 Å². The Morgan fingerprint density at radius 1 is 1.21 bits per heavy atom. The van der Waals surface area contributed by atoms with Gasteiger partial charge in [-0.1, -0.05) is 48.2 Å². The minimum Gasteiger partial charge on any atom is -0.344 e. The number of amides is 2. The molecule has 1 N–H and O–H groups in total. The molecule has 0 aliphatic carbocycles. The molecule has 2 amide bonds. The highest BCUT2D eigenvalue weighted by atomic mass is 32.2. The number of hydrogen-bond donors (Lipinski definition) is 1. The maximum Gasteiger partial charge on any atom is 0.281 e.